The highest BCUT2D eigenvalue weighted by atomic mass is 32.2. The standard InChI is InChI=1S/C17H22N4O3S3/c1-12(15(22)19-14-8-10-27(23,24)11-14)25-17-21-20-16(26-17)18-9-7-13-5-3-2-4-6-13/h2-6,12,14H,7-11H2,1H3,(H,18,20)(H,19,22). The van der Waals surface area contributed by atoms with Gasteiger partial charge in [-0.05, 0) is 25.3 Å². The van der Waals surface area contributed by atoms with E-state index in [4.69, 9.17) is 0 Å². The highest BCUT2D eigenvalue weighted by molar-refractivity contribution is 8.02. The molecule has 146 valence electrons. The van der Waals surface area contributed by atoms with Crippen molar-refractivity contribution in [2.75, 3.05) is 23.4 Å². The Morgan fingerprint density at radius 1 is 1.33 bits per heavy atom. The number of benzene rings is 1. The molecule has 27 heavy (non-hydrogen) atoms. The molecule has 2 atom stereocenters. The van der Waals surface area contributed by atoms with Crippen molar-refractivity contribution >= 4 is 44.0 Å². The molecule has 1 saturated heterocycles. The van der Waals surface area contributed by atoms with Crippen molar-refractivity contribution in [1.29, 1.82) is 0 Å². The van der Waals surface area contributed by atoms with Gasteiger partial charge in [0.25, 0.3) is 0 Å². The van der Waals surface area contributed by atoms with Crippen molar-refractivity contribution in [3.05, 3.63) is 35.9 Å². The number of carbonyl (C=O) groups is 1. The third-order valence-corrected chi connectivity index (χ3v) is 8.00. The van der Waals surface area contributed by atoms with Crippen LogP contribution in [-0.2, 0) is 21.1 Å². The van der Waals surface area contributed by atoms with E-state index >= 15 is 0 Å². The highest BCUT2D eigenvalue weighted by Crippen LogP contribution is 2.29. The lowest BCUT2D eigenvalue weighted by atomic mass is 10.2. The first-order chi connectivity index (χ1) is 12.9. The number of carbonyl (C=O) groups excluding carboxylic acids is 1. The molecule has 1 aliphatic heterocycles. The van der Waals surface area contributed by atoms with Crippen LogP contribution in [-0.4, -0.2) is 53.9 Å². The second kappa shape index (κ2) is 9.03. The number of rotatable bonds is 8. The van der Waals surface area contributed by atoms with Crippen molar-refractivity contribution in [1.82, 2.24) is 15.5 Å². The largest absolute Gasteiger partial charge is 0.360 e. The molecule has 1 amide bonds. The van der Waals surface area contributed by atoms with Crippen LogP contribution in [0.15, 0.2) is 34.7 Å². The highest BCUT2D eigenvalue weighted by Gasteiger charge is 2.30. The van der Waals surface area contributed by atoms with Gasteiger partial charge in [0.2, 0.25) is 11.0 Å². The average Bonchev–Trinajstić information content (AvgIpc) is 3.21. The monoisotopic (exact) mass is 426 g/mol. The van der Waals surface area contributed by atoms with E-state index in [1.54, 1.807) is 6.92 Å². The molecule has 0 bridgehead atoms. The first kappa shape index (κ1) is 20.1. The predicted molar refractivity (Wildman–Crippen MR) is 109 cm³/mol. The lowest BCUT2D eigenvalue weighted by Gasteiger charge is -2.14. The second-order valence-corrected chi connectivity index (χ2v) is 11.2. The first-order valence-electron chi connectivity index (χ1n) is 8.70. The van der Waals surface area contributed by atoms with Crippen LogP contribution in [0.2, 0.25) is 0 Å². The number of aromatic nitrogens is 2. The lowest BCUT2D eigenvalue weighted by Crippen LogP contribution is -2.39. The average molecular weight is 427 g/mol. The molecule has 1 aromatic carbocycles. The van der Waals surface area contributed by atoms with Crippen molar-refractivity contribution in [3.8, 4) is 0 Å². The molecular formula is C17H22N4O3S3. The van der Waals surface area contributed by atoms with Crippen molar-refractivity contribution in [3.63, 3.8) is 0 Å². The van der Waals surface area contributed by atoms with Crippen LogP contribution in [0.5, 0.6) is 0 Å². The van der Waals surface area contributed by atoms with E-state index in [-0.39, 0.29) is 28.7 Å². The number of hydrogen-bond donors (Lipinski definition) is 2. The normalized spacial score (nSPS) is 19.5. The van der Waals surface area contributed by atoms with E-state index in [2.05, 4.69) is 33.0 Å². The Bertz CT molecular complexity index is 871. The molecule has 10 heteroatoms. The number of nitrogens with zero attached hydrogens (tertiary/aromatic N) is 2. The molecule has 2 N–H and O–H groups in total. The van der Waals surface area contributed by atoms with Gasteiger partial charge in [0.1, 0.15) is 0 Å². The van der Waals surface area contributed by atoms with E-state index in [9.17, 15) is 13.2 Å². The lowest BCUT2D eigenvalue weighted by molar-refractivity contribution is -0.120. The molecule has 3 rings (SSSR count). The minimum Gasteiger partial charge on any atom is -0.360 e. The van der Waals surface area contributed by atoms with Crippen LogP contribution >= 0.6 is 23.1 Å². The quantitative estimate of drug-likeness (QED) is 0.622. The molecule has 1 aromatic heterocycles. The molecule has 1 aliphatic rings. The molecule has 2 aromatic rings. The maximum atomic E-state index is 12.3. The zero-order valence-corrected chi connectivity index (χ0v) is 17.4. The molecule has 2 unspecified atom stereocenters. The summed E-state index contributed by atoms with van der Waals surface area (Å²) in [6.45, 7) is 2.54. The number of anilines is 1. The van der Waals surface area contributed by atoms with E-state index in [1.165, 1.54) is 28.7 Å². The van der Waals surface area contributed by atoms with Gasteiger partial charge >= 0.3 is 0 Å². The minimum atomic E-state index is -3.00. The van der Waals surface area contributed by atoms with Gasteiger partial charge in [0.15, 0.2) is 14.2 Å². The summed E-state index contributed by atoms with van der Waals surface area (Å²) < 4.78 is 23.7. The SMILES string of the molecule is CC(Sc1nnc(NCCc2ccccc2)s1)C(=O)NC1CCS(=O)(=O)C1. The van der Waals surface area contributed by atoms with Crippen molar-refractivity contribution < 1.29 is 13.2 Å². The zero-order chi connectivity index (χ0) is 19.3. The summed E-state index contributed by atoms with van der Waals surface area (Å²) in [4.78, 5) is 12.3. The Labute approximate surface area is 167 Å². The summed E-state index contributed by atoms with van der Waals surface area (Å²) in [6.07, 6.45) is 1.38. The van der Waals surface area contributed by atoms with Gasteiger partial charge < -0.3 is 10.6 Å². The van der Waals surface area contributed by atoms with Gasteiger partial charge in [0.05, 0.1) is 16.8 Å². The first-order valence-corrected chi connectivity index (χ1v) is 12.2. The van der Waals surface area contributed by atoms with Crippen molar-refractivity contribution in [2.24, 2.45) is 0 Å². The number of nitrogens with one attached hydrogen (secondary N) is 2. The van der Waals surface area contributed by atoms with Gasteiger partial charge in [0, 0.05) is 12.6 Å². The summed E-state index contributed by atoms with van der Waals surface area (Å²) in [5.41, 5.74) is 1.25. The van der Waals surface area contributed by atoms with Crippen LogP contribution in [0.4, 0.5) is 5.13 Å². The Balaban J connectivity index is 1.43. The van der Waals surface area contributed by atoms with Gasteiger partial charge in [-0.15, -0.1) is 10.2 Å². The van der Waals surface area contributed by atoms with Crippen molar-refractivity contribution in [2.45, 2.75) is 35.4 Å². The van der Waals surface area contributed by atoms with E-state index < -0.39 is 9.84 Å². The molecule has 0 spiro atoms. The Morgan fingerprint density at radius 3 is 2.81 bits per heavy atom. The van der Waals surface area contributed by atoms with Gasteiger partial charge in [-0.1, -0.05) is 53.4 Å². The number of sulfone groups is 1. The molecule has 0 saturated carbocycles. The van der Waals surface area contributed by atoms with Gasteiger partial charge in [-0.25, -0.2) is 8.42 Å². The molecule has 1 fully saturated rings. The van der Waals surface area contributed by atoms with Gasteiger partial charge in [-0.3, -0.25) is 4.79 Å². The second-order valence-electron chi connectivity index (χ2n) is 6.40. The molecule has 0 radical (unpaired) electrons. The number of amides is 1. The van der Waals surface area contributed by atoms with Crippen LogP contribution in [0.3, 0.4) is 0 Å². The fourth-order valence-electron chi connectivity index (χ4n) is 2.72. The fourth-order valence-corrected chi connectivity index (χ4v) is 6.32. The maximum absolute atomic E-state index is 12.3. The summed E-state index contributed by atoms with van der Waals surface area (Å²) >= 11 is 2.74. The third-order valence-electron chi connectivity index (χ3n) is 4.16. The molecule has 7 nitrogen and oxygen atoms in total. The smallest absolute Gasteiger partial charge is 0.233 e. The number of thioether (sulfide) groups is 1. The Morgan fingerprint density at radius 2 is 2.11 bits per heavy atom. The fraction of sp³-hybridized carbons (Fsp3) is 0.471. The third kappa shape index (κ3) is 6.18. The minimum absolute atomic E-state index is 0.0322. The van der Waals surface area contributed by atoms with Crippen LogP contribution in [0, 0.1) is 0 Å². The maximum Gasteiger partial charge on any atom is 0.233 e. The topological polar surface area (TPSA) is 101 Å². The molecule has 2 heterocycles. The zero-order valence-electron chi connectivity index (χ0n) is 14.9. The van der Waals surface area contributed by atoms with E-state index in [0.717, 1.165) is 18.1 Å². The summed E-state index contributed by atoms with van der Waals surface area (Å²) in [6, 6.07) is 9.91. The predicted octanol–water partition coefficient (Wildman–Crippen LogP) is 1.98. The summed E-state index contributed by atoms with van der Waals surface area (Å²) in [7, 11) is -3.00. The van der Waals surface area contributed by atoms with Crippen LogP contribution in [0.1, 0.15) is 18.9 Å². The Hall–Kier alpha value is -1.65. The molecular weight excluding hydrogens is 404 g/mol. The summed E-state index contributed by atoms with van der Waals surface area (Å²) in [5, 5.41) is 14.6. The summed E-state index contributed by atoms with van der Waals surface area (Å²) in [5.74, 6) is 0.00839. The number of hydrogen-bond acceptors (Lipinski definition) is 8. The molecule has 0 aliphatic carbocycles. The van der Waals surface area contributed by atoms with Crippen LogP contribution in [0.25, 0.3) is 0 Å². The van der Waals surface area contributed by atoms with E-state index in [0.29, 0.717) is 10.8 Å². The van der Waals surface area contributed by atoms with E-state index in [1.807, 2.05) is 18.2 Å². The Kier molecular flexibility index (Phi) is 6.72. The van der Waals surface area contributed by atoms with Gasteiger partial charge in [-0.2, -0.15) is 0 Å². The van der Waals surface area contributed by atoms with Crippen LogP contribution < -0.4 is 10.6 Å².